The fourth-order valence-electron chi connectivity index (χ4n) is 3.83. The minimum absolute atomic E-state index is 0.0253. The molecular formula is C21H19F2N3O3. The molecule has 0 radical (unpaired) electrons. The molecule has 0 bridgehead atoms. The van der Waals surface area contributed by atoms with E-state index in [0.717, 1.165) is 23.4 Å². The Morgan fingerprint density at radius 2 is 1.90 bits per heavy atom. The average molecular weight is 399 g/mol. The molecule has 0 aliphatic carbocycles. The Bertz CT molecular complexity index is 1020. The van der Waals surface area contributed by atoms with Crippen molar-refractivity contribution >= 4 is 34.8 Å². The van der Waals surface area contributed by atoms with Gasteiger partial charge in [0.15, 0.2) is 11.6 Å². The maximum atomic E-state index is 13.3. The molecule has 1 unspecified atom stereocenters. The predicted octanol–water partition coefficient (Wildman–Crippen LogP) is 2.87. The number of amides is 3. The zero-order chi connectivity index (χ0) is 20.7. The van der Waals surface area contributed by atoms with E-state index >= 15 is 0 Å². The summed E-state index contributed by atoms with van der Waals surface area (Å²) < 4.78 is 26.4. The second-order valence-corrected chi connectivity index (χ2v) is 7.26. The van der Waals surface area contributed by atoms with Crippen molar-refractivity contribution < 1.29 is 23.2 Å². The van der Waals surface area contributed by atoms with Gasteiger partial charge in [0.1, 0.15) is 0 Å². The van der Waals surface area contributed by atoms with Crippen molar-refractivity contribution in [2.45, 2.75) is 19.8 Å². The van der Waals surface area contributed by atoms with Crippen LogP contribution < -0.4 is 15.1 Å². The van der Waals surface area contributed by atoms with E-state index in [9.17, 15) is 23.2 Å². The third-order valence-electron chi connectivity index (χ3n) is 5.33. The van der Waals surface area contributed by atoms with Gasteiger partial charge >= 0.3 is 0 Å². The van der Waals surface area contributed by atoms with Crippen LogP contribution in [0.1, 0.15) is 18.9 Å². The van der Waals surface area contributed by atoms with Crippen LogP contribution in [0.2, 0.25) is 0 Å². The Morgan fingerprint density at radius 3 is 2.62 bits per heavy atom. The summed E-state index contributed by atoms with van der Waals surface area (Å²) in [4.78, 5) is 39.9. The van der Waals surface area contributed by atoms with E-state index < -0.39 is 23.5 Å². The Labute approximate surface area is 166 Å². The van der Waals surface area contributed by atoms with Crippen LogP contribution in [-0.2, 0) is 20.8 Å². The molecule has 0 spiro atoms. The normalized spacial score (nSPS) is 18.2. The molecule has 29 heavy (non-hydrogen) atoms. The van der Waals surface area contributed by atoms with Crippen LogP contribution in [0.3, 0.4) is 0 Å². The molecule has 1 fully saturated rings. The summed E-state index contributed by atoms with van der Waals surface area (Å²) in [6, 6.07) is 8.58. The van der Waals surface area contributed by atoms with E-state index in [1.807, 2.05) is 12.1 Å². The number of carbonyl (C=O) groups excluding carboxylic acids is 3. The van der Waals surface area contributed by atoms with Crippen LogP contribution in [-0.4, -0.2) is 30.8 Å². The van der Waals surface area contributed by atoms with Gasteiger partial charge in [-0.2, -0.15) is 0 Å². The van der Waals surface area contributed by atoms with Gasteiger partial charge in [-0.3, -0.25) is 14.4 Å². The quantitative estimate of drug-likeness (QED) is 0.863. The predicted molar refractivity (Wildman–Crippen MR) is 104 cm³/mol. The lowest BCUT2D eigenvalue weighted by molar-refractivity contribution is -0.122. The number of nitrogens with one attached hydrogen (secondary N) is 1. The van der Waals surface area contributed by atoms with Crippen LogP contribution in [0.15, 0.2) is 36.4 Å². The minimum Gasteiger partial charge on any atom is -0.326 e. The molecule has 6 nitrogen and oxygen atoms in total. The molecule has 2 heterocycles. The summed E-state index contributed by atoms with van der Waals surface area (Å²) in [5.74, 6) is -3.28. The number of carbonyl (C=O) groups is 3. The highest BCUT2D eigenvalue weighted by Crippen LogP contribution is 2.34. The Morgan fingerprint density at radius 1 is 1.10 bits per heavy atom. The van der Waals surface area contributed by atoms with Crippen LogP contribution in [0.25, 0.3) is 0 Å². The summed E-state index contributed by atoms with van der Waals surface area (Å²) in [6.45, 7) is 2.33. The molecule has 0 saturated carbocycles. The Kier molecular flexibility index (Phi) is 4.77. The fraction of sp³-hybridized carbons (Fsp3) is 0.286. The van der Waals surface area contributed by atoms with Crippen LogP contribution in [0, 0.1) is 17.6 Å². The first kappa shape index (κ1) is 19.0. The lowest BCUT2D eigenvalue weighted by Gasteiger charge is -2.19. The van der Waals surface area contributed by atoms with E-state index in [1.54, 1.807) is 15.9 Å². The Hall–Kier alpha value is -3.29. The second-order valence-electron chi connectivity index (χ2n) is 7.26. The summed E-state index contributed by atoms with van der Waals surface area (Å²) >= 11 is 0. The van der Waals surface area contributed by atoms with E-state index in [-0.39, 0.29) is 30.5 Å². The van der Waals surface area contributed by atoms with Gasteiger partial charge in [0.05, 0.1) is 5.92 Å². The smallest absolute Gasteiger partial charge is 0.229 e. The first-order chi connectivity index (χ1) is 13.8. The van der Waals surface area contributed by atoms with Crippen molar-refractivity contribution in [2.75, 3.05) is 28.2 Å². The van der Waals surface area contributed by atoms with Gasteiger partial charge in [0, 0.05) is 49.6 Å². The van der Waals surface area contributed by atoms with Gasteiger partial charge in [-0.15, -0.1) is 0 Å². The molecule has 2 aromatic rings. The number of halogens is 2. The van der Waals surface area contributed by atoms with Gasteiger partial charge in [-0.1, -0.05) is 0 Å². The number of rotatable bonds is 3. The molecule has 2 aliphatic heterocycles. The monoisotopic (exact) mass is 399 g/mol. The van der Waals surface area contributed by atoms with Gasteiger partial charge < -0.3 is 15.1 Å². The highest BCUT2D eigenvalue weighted by Gasteiger charge is 2.36. The SMILES string of the molecule is CC(=O)N1CCc2cc(N3CC(C(=O)Nc4ccc(F)c(F)c4)CC3=O)ccc21. The summed E-state index contributed by atoms with van der Waals surface area (Å²) in [7, 11) is 0. The third kappa shape index (κ3) is 3.57. The molecule has 150 valence electrons. The first-order valence-corrected chi connectivity index (χ1v) is 9.31. The van der Waals surface area contributed by atoms with Crippen LogP contribution in [0.5, 0.6) is 0 Å². The highest BCUT2D eigenvalue weighted by atomic mass is 19.2. The van der Waals surface area contributed by atoms with E-state index in [0.29, 0.717) is 18.7 Å². The molecule has 0 aromatic heterocycles. The standard InChI is InChI=1S/C21H19F2N3O3/c1-12(27)25-7-6-13-8-16(3-5-19(13)25)26-11-14(9-20(26)28)21(29)24-15-2-4-17(22)18(23)10-15/h2-5,8,10,14H,6-7,9,11H2,1H3,(H,24,29). The lowest BCUT2D eigenvalue weighted by atomic mass is 10.1. The number of nitrogens with zero attached hydrogens (tertiary/aromatic N) is 2. The van der Waals surface area contributed by atoms with Crippen molar-refractivity contribution in [1.29, 1.82) is 0 Å². The van der Waals surface area contributed by atoms with Gasteiger partial charge in [0.2, 0.25) is 17.7 Å². The number of hydrogen-bond acceptors (Lipinski definition) is 3. The largest absolute Gasteiger partial charge is 0.326 e. The summed E-state index contributed by atoms with van der Waals surface area (Å²) in [5, 5.41) is 2.54. The maximum Gasteiger partial charge on any atom is 0.229 e. The molecule has 4 rings (SSSR count). The van der Waals surface area contributed by atoms with E-state index in [4.69, 9.17) is 0 Å². The zero-order valence-corrected chi connectivity index (χ0v) is 15.7. The number of anilines is 3. The third-order valence-corrected chi connectivity index (χ3v) is 5.33. The number of hydrogen-bond donors (Lipinski definition) is 1. The van der Waals surface area contributed by atoms with Crippen molar-refractivity contribution in [3.63, 3.8) is 0 Å². The van der Waals surface area contributed by atoms with Gasteiger partial charge in [0.25, 0.3) is 0 Å². The molecular weight excluding hydrogens is 380 g/mol. The van der Waals surface area contributed by atoms with Gasteiger partial charge in [-0.25, -0.2) is 8.78 Å². The van der Waals surface area contributed by atoms with E-state index in [2.05, 4.69) is 5.32 Å². The molecule has 2 aliphatic rings. The zero-order valence-electron chi connectivity index (χ0n) is 15.7. The second kappa shape index (κ2) is 7.27. The van der Waals surface area contributed by atoms with Crippen molar-refractivity contribution in [1.82, 2.24) is 0 Å². The topological polar surface area (TPSA) is 69.7 Å². The summed E-state index contributed by atoms with van der Waals surface area (Å²) in [6.07, 6.45) is 0.747. The minimum atomic E-state index is -1.05. The summed E-state index contributed by atoms with van der Waals surface area (Å²) in [5.41, 5.74) is 2.66. The lowest BCUT2D eigenvalue weighted by Crippen LogP contribution is -2.28. The van der Waals surface area contributed by atoms with Crippen LogP contribution >= 0.6 is 0 Å². The molecule has 2 aromatic carbocycles. The molecule has 3 amide bonds. The van der Waals surface area contributed by atoms with Crippen molar-refractivity contribution in [3.8, 4) is 0 Å². The first-order valence-electron chi connectivity index (χ1n) is 9.31. The molecule has 8 heteroatoms. The highest BCUT2D eigenvalue weighted by molar-refractivity contribution is 6.04. The molecule has 1 saturated heterocycles. The molecule has 1 atom stereocenters. The Balaban J connectivity index is 1.47. The average Bonchev–Trinajstić information content (AvgIpc) is 3.27. The van der Waals surface area contributed by atoms with Gasteiger partial charge in [-0.05, 0) is 42.3 Å². The number of fused-ring (bicyclic) bond motifs is 1. The van der Waals surface area contributed by atoms with Crippen molar-refractivity contribution in [3.05, 3.63) is 53.6 Å². The van der Waals surface area contributed by atoms with Crippen LogP contribution in [0.4, 0.5) is 25.8 Å². The van der Waals surface area contributed by atoms with Crippen molar-refractivity contribution in [2.24, 2.45) is 5.92 Å². The number of benzene rings is 2. The van der Waals surface area contributed by atoms with E-state index in [1.165, 1.54) is 13.0 Å². The fourth-order valence-corrected chi connectivity index (χ4v) is 3.83. The maximum absolute atomic E-state index is 13.3. The molecule has 1 N–H and O–H groups in total.